The molecule has 0 aliphatic carbocycles. The van der Waals surface area contributed by atoms with Crippen molar-refractivity contribution >= 4 is 11.6 Å². The summed E-state index contributed by atoms with van der Waals surface area (Å²) in [6, 6.07) is 4.97. The van der Waals surface area contributed by atoms with Gasteiger partial charge in [0, 0.05) is 25.3 Å². The van der Waals surface area contributed by atoms with E-state index in [1.807, 2.05) is 19.9 Å². The van der Waals surface area contributed by atoms with Crippen LogP contribution in [0.5, 0.6) is 0 Å². The van der Waals surface area contributed by atoms with Crippen molar-refractivity contribution in [3.8, 4) is 0 Å². The van der Waals surface area contributed by atoms with Crippen LogP contribution in [0.25, 0.3) is 0 Å². The minimum atomic E-state index is -0.338. The molecule has 0 radical (unpaired) electrons. The molecule has 0 fully saturated rings. The number of anilines is 1. The molecule has 122 valence electrons. The van der Waals surface area contributed by atoms with E-state index in [4.69, 9.17) is 4.52 Å². The van der Waals surface area contributed by atoms with Crippen molar-refractivity contribution < 1.29 is 13.7 Å². The third-order valence-electron chi connectivity index (χ3n) is 4.02. The lowest BCUT2D eigenvalue weighted by Crippen LogP contribution is -2.36. The molecule has 2 heterocycles. The van der Waals surface area contributed by atoms with Crippen LogP contribution in [-0.2, 0) is 17.6 Å². The van der Waals surface area contributed by atoms with E-state index in [1.54, 1.807) is 11.0 Å². The van der Waals surface area contributed by atoms with E-state index < -0.39 is 0 Å². The molecule has 2 aromatic rings. The van der Waals surface area contributed by atoms with Gasteiger partial charge in [0.05, 0.1) is 5.69 Å². The Morgan fingerprint density at radius 3 is 3.00 bits per heavy atom. The quantitative estimate of drug-likeness (QED) is 0.868. The highest BCUT2D eigenvalue weighted by molar-refractivity contribution is 5.94. The molecular formula is C17H20FN3O2. The lowest BCUT2D eigenvalue weighted by atomic mass is 10.0. The van der Waals surface area contributed by atoms with Crippen LogP contribution >= 0.6 is 0 Å². The van der Waals surface area contributed by atoms with E-state index in [1.165, 1.54) is 6.07 Å². The number of fused-ring (bicyclic) bond motifs is 1. The van der Waals surface area contributed by atoms with Crippen LogP contribution in [-0.4, -0.2) is 22.6 Å². The van der Waals surface area contributed by atoms with Crippen molar-refractivity contribution in [1.82, 2.24) is 10.1 Å². The van der Waals surface area contributed by atoms with Gasteiger partial charge in [0.15, 0.2) is 5.82 Å². The second kappa shape index (κ2) is 6.48. The molecule has 0 saturated carbocycles. The highest BCUT2D eigenvalue weighted by Crippen LogP contribution is 2.30. The fourth-order valence-corrected chi connectivity index (χ4v) is 2.81. The van der Waals surface area contributed by atoms with Crippen molar-refractivity contribution in [1.29, 1.82) is 0 Å². The Kier molecular flexibility index (Phi) is 4.41. The summed E-state index contributed by atoms with van der Waals surface area (Å²) in [5.74, 6) is 0.830. The summed E-state index contributed by atoms with van der Waals surface area (Å²) in [6.45, 7) is 4.51. The number of hydrogen-bond acceptors (Lipinski definition) is 4. The molecule has 1 aliphatic rings. The van der Waals surface area contributed by atoms with Gasteiger partial charge in [-0.05, 0) is 24.5 Å². The molecular weight excluding hydrogens is 297 g/mol. The summed E-state index contributed by atoms with van der Waals surface area (Å²) in [4.78, 5) is 18.3. The molecule has 1 amide bonds. The zero-order valence-corrected chi connectivity index (χ0v) is 13.4. The average Bonchev–Trinajstić information content (AvgIpc) is 3.01. The normalized spacial score (nSPS) is 14.2. The Labute approximate surface area is 134 Å². The van der Waals surface area contributed by atoms with E-state index >= 15 is 0 Å². The first kappa shape index (κ1) is 15.6. The maximum Gasteiger partial charge on any atom is 0.227 e. The molecule has 0 bridgehead atoms. The number of carbonyl (C=O) groups excluding carboxylic acids is 1. The summed E-state index contributed by atoms with van der Waals surface area (Å²) in [6.07, 6.45) is 2.25. The van der Waals surface area contributed by atoms with Crippen LogP contribution in [0.15, 0.2) is 22.7 Å². The third kappa shape index (κ3) is 3.25. The number of para-hydroxylation sites is 1. The van der Waals surface area contributed by atoms with E-state index in [9.17, 15) is 9.18 Å². The maximum absolute atomic E-state index is 14.1. The molecule has 0 unspecified atom stereocenters. The Morgan fingerprint density at radius 2 is 2.26 bits per heavy atom. The summed E-state index contributed by atoms with van der Waals surface area (Å²) in [7, 11) is 0. The van der Waals surface area contributed by atoms with Crippen LogP contribution in [0, 0.1) is 5.82 Å². The van der Waals surface area contributed by atoms with Gasteiger partial charge in [0.1, 0.15) is 5.82 Å². The van der Waals surface area contributed by atoms with E-state index in [0.717, 1.165) is 18.4 Å². The number of aromatic nitrogens is 2. The number of carbonyl (C=O) groups is 1. The lowest BCUT2D eigenvalue weighted by molar-refractivity contribution is -0.118. The van der Waals surface area contributed by atoms with Crippen LogP contribution in [0.2, 0.25) is 0 Å². The molecule has 1 aromatic carbocycles. The van der Waals surface area contributed by atoms with Crippen molar-refractivity contribution in [3.05, 3.63) is 41.3 Å². The predicted octanol–water partition coefficient (Wildman–Crippen LogP) is 3.24. The SMILES string of the molecule is CC(C)c1noc(CCC(=O)N2CCCc3cccc(F)c32)n1. The number of amides is 1. The zero-order chi connectivity index (χ0) is 16.4. The van der Waals surface area contributed by atoms with Crippen LogP contribution in [0.3, 0.4) is 0 Å². The van der Waals surface area contributed by atoms with Gasteiger partial charge in [-0.1, -0.05) is 31.1 Å². The largest absolute Gasteiger partial charge is 0.339 e. The monoisotopic (exact) mass is 317 g/mol. The van der Waals surface area contributed by atoms with E-state index in [2.05, 4.69) is 10.1 Å². The summed E-state index contributed by atoms with van der Waals surface area (Å²) in [5, 5.41) is 3.89. The fourth-order valence-electron chi connectivity index (χ4n) is 2.81. The topological polar surface area (TPSA) is 59.2 Å². The first-order valence-corrected chi connectivity index (χ1v) is 7.96. The first-order chi connectivity index (χ1) is 11.1. The van der Waals surface area contributed by atoms with Crippen molar-refractivity contribution in [2.45, 2.75) is 45.4 Å². The van der Waals surface area contributed by atoms with Gasteiger partial charge in [-0.25, -0.2) is 4.39 Å². The van der Waals surface area contributed by atoms with Crippen LogP contribution in [0.4, 0.5) is 10.1 Å². The Balaban J connectivity index is 1.70. The zero-order valence-electron chi connectivity index (χ0n) is 13.4. The highest BCUT2D eigenvalue weighted by Gasteiger charge is 2.25. The number of rotatable bonds is 4. The predicted molar refractivity (Wildman–Crippen MR) is 83.8 cm³/mol. The summed E-state index contributed by atoms with van der Waals surface area (Å²) >= 11 is 0. The fraction of sp³-hybridized carbons (Fsp3) is 0.471. The molecule has 0 atom stereocenters. The highest BCUT2D eigenvalue weighted by atomic mass is 19.1. The van der Waals surface area contributed by atoms with Gasteiger partial charge >= 0.3 is 0 Å². The Hall–Kier alpha value is -2.24. The third-order valence-corrected chi connectivity index (χ3v) is 4.02. The minimum absolute atomic E-state index is 0.111. The van der Waals surface area contributed by atoms with Crippen molar-refractivity contribution in [2.75, 3.05) is 11.4 Å². The molecule has 3 rings (SSSR count). The van der Waals surface area contributed by atoms with Gasteiger partial charge < -0.3 is 9.42 Å². The number of aryl methyl sites for hydroxylation is 2. The summed E-state index contributed by atoms with van der Waals surface area (Å²) in [5.41, 5.74) is 1.32. The maximum atomic E-state index is 14.1. The number of nitrogens with zero attached hydrogens (tertiary/aromatic N) is 3. The summed E-state index contributed by atoms with van der Waals surface area (Å²) < 4.78 is 19.3. The lowest BCUT2D eigenvalue weighted by Gasteiger charge is -2.29. The second-order valence-corrected chi connectivity index (χ2v) is 6.10. The van der Waals surface area contributed by atoms with Gasteiger partial charge in [-0.15, -0.1) is 0 Å². The first-order valence-electron chi connectivity index (χ1n) is 7.96. The molecule has 1 aromatic heterocycles. The molecule has 5 nitrogen and oxygen atoms in total. The molecule has 6 heteroatoms. The molecule has 0 spiro atoms. The van der Waals surface area contributed by atoms with E-state index in [0.29, 0.717) is 30.4 Å². The number of hydrogen-bond donors (Lipinski definition) is 0. The molecule has 0 N–H and O–H groups in total. The Bertz CT molecular complexity index is 712. The van der Waals surface area contributed by atoms with Crippen molar-refractivity contribution in [2.24, 2.45) is 0 Å². The van der Waals surface area contributed by atoms with Crippen LogP contribution in [0.1, 0.15) is 49.9 Å². The van der Waals surface area contributed by atoms with E-state index in [-0.39, 0.29) is 24.1 Å². The standard InChI is InChI=1S/C17H20FN3O2/c1-11(2)17-19-14(23-20-17)8-9-15(22)21-10-4-6-12-5-3-7-13(18)16(12)21/h3,5,7,11H,4,6,8-10H2,1-2H3. The van der Waals surface area contributed by atoms with Gasteiger partial charge in [-0.2, -0.15) is 4.98 Å². The molecule has 1 aliphatic heterocycles. The smallest absolute Gasteiger partial charge is 0.227 e. The molecule has 0 saturated heterocycles. The Morgan fingerprint density at radius 1 is 1.43 bits per heavy atom. The minimum Gasteiger partial charge on any atom is -0.339 e. The van der Waals surface area contributed by atoms with Crippen molar-refractivity contribution in [3.63, 3.8) is 0 Å². The number of halogens is 1. The average molecular weight is 317 g/mol. The van der Waals surface area contributed by atoms with Gasteiger partial charge in [0.25, 0.3) is 0 Å². The van der Waals surface area contributed by atoms with Gasteiger partial charge in [-0.3, -0.25) is 4.79 Å². The molecule has 23 heavy (non-hydrogen) atoms. The number of benzene rings is 1. The second-order valence-electron chi connectivity index (χ2n) is 6.10. The van der Waals surface area contributed by atoms with Crippen LogP contribution < -0.4 is 4.90 Å². The van der Waals surface area contributed by atoms with Gasteiger partial charge in [0.2, 0.25) is 11.8 Å².